The largest absolute Gasteiger partial charge is 0.491 e. The second-order valence-electron chi connectivity index (χ2n) is 6.28. The lowest BCUT2D eigenvalue weighted by molar-refractivity contribution is 0.0693. The molecule has 0 amide bonds. The first kappa shape index (κ1) is 17.3. The molecule has 1 aromatic rings. The van der Waals surface area contributed by atoms with Crippen LogP contribution in [0.1, 0.15) is 25.3 Å². The fraction of sp³-hybridized carbons (Fsp3) is 0.667. The highest BCUT2D eigenvalue weighted by atomic mass is 16.5. The van der Waals surface area contributed by atoms with Gasteiger partial charge in [-0.3, -0.25) is 4.90 Å². The first-order chi connectivity index (χ1) is 10.7. The van der Waals surface area contributed by atoms with Crippen molar-refractivity contribution in [1.82, 2.24) is 9.80 Å². The molecule has 22 heavy (non-hydrogen) atoms. The molecule has 0 aromatic heterocycles. The lowest BCUT2D eigenvalue weighted by Crippen LogP contribution is -2.38. The van der Waals surface area contributed by atoms with E-state index in [4.69, 9.17) is 4.74 Å². The summed E-state index contributed by atoms with van der Waals surface area (Å²) in [6, 6.07) is 7.96. The SMILES string of the molecule is CCCN1CCCN(CC(O)COc2cccc(C)c2)CC1. The Labute approximate surface area is 134 Å². The molecule has 0 aliphatic carbocycles. The van der Waals surface area contributed by atoms with Gasteiger partial charge < -0.3 is 14.7 Å². The van der Waals surface area contributed by atoms with E-state index in [1.807, 2.05) is 31.2 Å². The van der Waals surface area contributed by atoms with Crippen LogP contribution in [0.3, 0.4) is 0 Å². The van der Waals surface area contributed by atoms with Crippen LogP contribution in [-0.4, -0.2) is 66.9 Å². The maximum atomic E-state index is 10.2. The number of aryl methyl sites for hydroxylation is 1. The lowest BCUT2D eigenvalue weighted by atomic mass is 10.2. The van der Waals surface area contributed by atoms with Gasteiger partial charge in [0.1, 0.15) is 18.5 Å². The lowest BCUT2D eigenvalue weighted by Gasteiger charge is -2.24. The predicted molar refractivity (Wildman–Crippen MR) is 90.5 cm³/mol. The molecule has 0 bridgehead atoms. The van der Waals surface area contributed by atoms with Crippen LogP contribution in [0.2, 0.25) is 0 Å². The Morgan fingerprint density at radius 2 is 1.95 bits per heavy atom. The molecule has 1 aromatic carbocycles. The number of aliphatic hydroxyl groups is 1. The van der Waals surface area contributed by atoms with Crippen molar-refractivity contribution in [2.75, 3.05) is 45.9 Å². The zero-order valence-electron chi connectivity index (χ0n) is 14.0. The van der Waals surface area contributed by atoms with Gasteiger partial charge in [0, 0.05) is 19.6 Å². The van der Waals surface area contributed by atoms with E-state index in [1.165, 1.54) is 31.5 Å². The van der Waals surface area contributed by atoms with Crippen LogP contribution in [0.5, 0.6) is 5.75 Å². The molecule has 1 heterocycles. The molecule has 1 unspecified atom stereocenters. The fourth-order valence-corrected chi connectivity index (χ4v) is 3.00. The maximum Gasteiger partial charge on any atom is 0.119 e. The number of aliphatic hydroxyl groups excluding tert-OH is 1. The Bertz CT molecular complexity index is 439. The minimum absolute atomic E-state index is 0.360. The van der Waals surface area contributed by atoms with Crippen molar-refractivity contribution in [2.45, 2.75) is 32.8 Å². The molecule has 1 atom stereocenters. The van der Waals surface area contributed by atoms with Crippen LogP contribution in [0, 0.1) is 6.92 Å². The molecular weight excluding hydrogens is 276 g/mol. The Morgan fingerprint density at radius 3 is 2.73 bits per heavy atom. The van der Waals surface area contributed by atoms with Crippen LogP contribution in [0.15, 0.2) is 24.3 Å². The minimum atomic E-state index is -0.432. The summed E-state index contributed by atoms with van der Waals surface area (Å²) in [6.45, 7) is 10.9. The smallest absolute Gasteiger partial charge is 0.119 e. The van der Waals surface area contributed by atoms with Gasteiger partial charge in [-0.05, 0) is 57.1 Å². The number of β-amino-alcohol motifs (C(OH)–C–C–N with tert-alkyl or cyclic N) is 1. The minimum Gasteiger partial charge on any atom is -0.491 e. The fourth-order valence-electron chi connectivity index (χ4n) is 3.00. The Morgan fingerprint density at radius 1 is 1.18 bits per heavy atom. The van der Waals surface area contributed by atoms with Gasteiger partial charge in [0.2, 0.25) is 0 Å². The van der Waals surface area contributed by atoms with Gasteiger partial charge in [-0.25, -0.2) is 0 Å². The second kappa shape index (κ2) is 9.13. The van der Waals surface area contributed by atoms with Crippen molar-refractivity contribution in [3.63, 3.8) is 0 Å². The molecule has 1 N–H and O–H groups in total. The summed E-state index contributed by atoms with van der Waals surface area (Å²) >= 11 is 0. The van der Waals surface area contributed by atoms with Gasteiger partial charge in [-0.2, -0.15) is 0 Å². The molecule has 124 valence electrons. The van der Waals surface area contributed by atoms with E-state index in [-0.39, 0.29) is 0 Å². The van der Waals surface area contributed by atoms with Crippen LogP contribution in [-0.2, 0) is 0 Å². The molecule has 1 aliphatic rings. The highest BCUT2D eigenvalue weighted by Gasteiger charge is 2.17. The third-order valence-corrected chi connectivity index (χ3v) is 4.12. The molecule has 1 aliphatic heterocycles. The molecular formula is C18H30N2O2. The highest BCUT2D eigenvalue weighted by molar-refractivity contribution is 5.27. The molecule has 0 spiro atoms. The highest BCUT2D eigenvalue weighted by Crippen LogP contribution is 2.13. The van der Waals surface area contributed by atoms with E-state index >= 15 is 0 Å². The van der Waals surface area contributed by atoms with Gasteiger partial charge in [-0.1, -0.05) is 19.1 Å². The van der Waals surface area contributed by atoms with Crippen LogP contribution < -0.4 is 4.74 Å². The molecule has 0 radical (unpaired) electrons. The average molecular weight is 306 g/mol. The zero-order chi connectivity index (χ0) is 15.8. The Hall–Kier alpha value is -1.10. The molecule has 2 rings (SSSR count). The van der Waals surface area contributed by atoms with Crippen molar-refractivity contribution >= 4 is 0 Å². The van der Waals surface area contributed by atoms with Crippen molar-refractivity contribution in [2.24, 2.45) is 0 Å². The quantitative estimate of drug-likeness (QED) is 0.837. The number of benzene rings is 1. The summed E-state index contributed by atoms with van der Waals surface area (Å²) in [6.07, 6.45) is 1.97. The summed E-state index contributed by atoms with van der Waals surface area (Å²) in [4.78, 5) is 4.88. The maximum absolute atomic E-state index is 10.2. The summed E-state index contributed by atoms with van der Waals surface area (Å²) in [5.41, 5.74) is 1.18. The predicted octanol–water partition coefficient (Wildman–Crippen LogP) is 2.15. The van der Waals surface area contributed by atoms with E-state index in [0.717, 1.165) is 25.4 Å². The van der Waals surface area contributed by atoms with Gasteiger partial charge in [-0.15, -0.1) is 0 Å². The molecule has 4 nitrogen and oxygen atoms in total. The average Bonchev–Trinajstić information content (AvgIpc) is 2.71. The Balaban J connectivity index is 1.71. The number of hydrogen-bond donors (Lipinski definition) is 1. The zero-order valence-corrected chi connectivity index (χ0v) is 14.0. The second-order valence-corrected chi connectivity index (χ2v) is 6.28. The normalized spacial score (nSPS) is 18.9. The monoisotopic (exact) mass is 306 g/mol. The van der Waals surface area contributed by atoms with E-state index < -0.39 is 6.10 Å². The molecule has 4 heteroatoms. The first-order valence-electron chi connectivity index (χ1n) is 8.49. The number of rotatable bonds is 7. The number of hydrogen-bond acceptors (Lipinski definition) is 4. The van der Waals surface area contributed by atoms with Crippen molar-refractivity contribution in [3.05, 3.63) is 29.8 Å². The van der Waals surface area contributed by atoms with E-state index in [0.29, 0.717) is 13.2 Å². The number of ether oxygens (including phenoxy) is 1. The summed E-state index contributed by atoms with van der Waals surface area (Å²) < 4.78 is 5.69. The molecule has 0 saturated carbocycles. The Kier molecular flexibility index (Phi) is 7.16. The summed E-state index contributed by atoms with van der Waals surface area (Å²) in [5.74, 6) is 0.837. The van der Waals surface area contributed by atoms with Gasteiger partial charge in [0.15, 0.2) is 0 Å². The van der Waals surface area contributed by atoms with Gasteiger partial charge in [0.25, 0.3) is 0 Å². The standard InChI is InChI=1S/C18H30N2O2/c1-3-8-19-9-5-10-20(12-11-19)14-17(21)15-22-18-7-4-6-16(2)13-18/h4,6-7,13,17,21H,3,5,8-12,14-15H2,1-2H3. The van der Waals surface area contributed by atoms with Gasteiger partial charge >= 0.3 is 0 Å². The van der Waals surface area contributed by atoms with Crippen molar-refractivity contribution < 1.29 is 9.84 Å². The van der Waals surface area contributed by atoms with Crippen molar-refractivity contribution in [1.29, 1.82) is 0 Å². The van der Waals surface area contributed by atoms with Crippen LogP contribution >= 0.6 is 0 Å². The topological polar surface area (TPSA) is 35.9 Å². The van der Waals surface area contributed by atoms with E-state index in [1.54, 1.807) is 0 Å². The summed E-state index contributed by atoms with van der Waals surface area (Å²) in [7, 11) is 0. The summed E-state index contributed by atoms with van der Waals surface area (Å²) in [5, 5.41) is 10.2. The third-order valence-electron chi connectivity index (χ3n) is 4.12. The number of nitrogens with zero attached hydrogens (tertiary/aromatic N) is 2. The molecule has 1 fully saturated rings. The van der Waals surface area contributed by atoms with Gasteiger partial charge in [0.05, 0.1) is 0 Å². The van der Waals surface area contributed by atoms with Crippen molar-refractivity contribution in [3.8, 4) is 5.75 Å². The van der Waals surface area contributed by atoms with E-state index in [9.17, 15) is 5.11 Å². The van der Waals surface area contributed by atoms with E-state index in [2.05, 4.69) is 16.7 Å². The third kappa shape index (κ3) is 5.95. The van der Waals surface area contributed by atoms with Crippen LogP contribution in [0.4, 0.5) is 0 Å². The van der Waals surface area contributed by atoms with Crippen LogP contribution in [0.25, 0.3) is 0 Å². The first-order valence-corrected chi connectivity index (χ1v) is 8.49. The molecule has 1 saturated heterocycles.